The molecule has 3 aromatic carbocycles. The first-order valence-electron chi connectivity index (χ1n) is 10.7. The summed E-state index contributed by atoms with van der Waals surface area (Å²) in [5.74, 6) is 0.605. The summed E-state index contributed by atoms with van der Waals surface area (Å²) < 4.78 is 11.5. The van der Waals surface area contributed by atoms with Crippen LogP contribution >= 0.6 is 0 Å². The average molecular weight is 461 g/mol. The third-order valence-corrected chi connectivity index (χ3v) is 5.34. The summed E-state index contributed by atoms with van der Waals surface area (Å²) >= 11 is 0. The van der Waals surface area contributed by atoms with E-state index in [-0.39, 0.29) is 23.8 Å². The van der Waals surface area contributed by atoms with Crippen molar-refractivity contribution in [2.24, 2.45) is 0 Å². The second kappa shape index (κ2) is 9.62. The molecule has 1 N–H and O–H groups in total. The molecule has 1 heterocycles. The number of amides is 2. The van der Waals surface area contributed by atoms with E-state index < -0.39 is 16.9 Å². The van der Waals surface area contributed by atoms with Crippen molar-refractivity contribution in [3.8, 4) is 11.5 Å². The fraction of sp³-hybridized carbons (Fsp3) is 0.200. The Morgan fingerprint density at radius 2 is 1.91 bits per heavy atom. The zero-order valence-electron chi connectivity index (χ0n) is 18.7. The number of nitrogens with zero attached hydrogens (tertiary/aromatic N) is 2. The first kappa shape index (κ1) is 22.8. The number of aryl methyl sites for hydroxylation is 1. The van der Waals surface area contributed by atoms with Crippen LogP contribution in [0.2, 0.25) is 0 Å². The quantitative estimate of drug-likeness (QED) is 0.414. The van der Waals surface area contributed by atoms with Crippen LogP contribution in [-0.4, -0.2) is 36.0 Å². The number of anilines is 2. The van der Waals surface area contributed by atoms with Gasteiger partial charge in [0.1, 0.15) is 18.1 Å². The van der Waals surface area contributed by atoms with Crippen LogP contribution in [0.15, 0.2) is 66.7 Å². The van der Waals surface area contributed by atoms with Gasteiger partial charge in [-0.15, -0.1) is 0 Å². The van der Waals surface area contributed by atoms with Crippen molar-refractivity contribution in [3.63, 3.8) is 0 Å². The molecule has 1 unspecified atom stereocenters. The molecule has 1 aliphatic rings. The molecule has 4 rings (SSSR count). The molecule has 3 aromatic rings. The van der Waals surface area contributed by atoms with Crippen molar-refractivity contribution in [1.29, 1.82) is 0 Å². The molecule has 0 aliphatic carbocycles. The highest BCUT2D eigenvalue weighted by molar-refractivity contribution is 6.05. The molecule has 0 aromatic heterocycles. The zero-order valence-corrected chi connectivity index (χ0v) is 18.7. The van der Waals surface area contributed by atoms with Crippen molar-refractivity contribution in [2.45, 2.75) is 20.0 Å². The van der Waals surface area contributed by atoms with Crippen molar-refractivity contribution >= 4 is 28.9 Å². The predicted octanol–water partition coefficient (Wildman–Crippen LogP) is 4.35. The third-order valence-electron chi connectivity index (χ3n) is 5.34. The van der Waals surface area contributed by atoms with Crippen LogP contribution in [0, 0.1) is 17.0 Å². The highest BCUT2D eigenvalue weighted by Crippen LogP contribution is 2.36. The monoisotopic (exact) mass is 461 g/mol. The molecular weight excluding hydrogens is 438 g/mol. The molecule has 174 valence electrons. The van der Waals surface area contributed by atoms with E-state index in [1.807, 2.05) is 31.2 Å². The Morgan fingerprint density at radius 3 is 2.62 bits per heavy atom. The van der Waals surface area contributed by atoms with Crippen LogP contribution in [0.5, 0.6) is 11.5 Å². The smallest absolute Gasteiger partial charge is 0.269 e. The number of carbonyl (C=O) groups is 2. The van der Waals surface area contributed by atoms with E-state index in [9.17, 15) is 19.7 Å². The zero-order chi connectivity index (χ0) is 24.2. The number of non-ortho nitro benzene ring substituents is 1. The summed E-state index contributed by atoms with van der Waals surface area (Å²) in [4.78, 5) is 37.3. The van der Waals surface area contributed by atoms with E-state index in [0.29, 0.717) is 23.7 Å². The molecule has 0 fully saturated rings. The maximum Gasteiger partial charge on any atom is 0.269 e. The maximum atomic E-state index is 12.8. The Morgan fingerprint density at radius 1 is 1.15 bits per heavy atom. The second-order valence-electron chi connectivity index (χ2n) is 7.86. The molecule has 1 atom stereocenters. The number of hydrogen-bond donors (Lipinski definition) is 1. The van der Waals surface area contributed by atoms with Crippen LogP contribution in [0.3, 0.4) is 0 Å². The van der Waals surface area contributed by atoms with Gasteiger partial charge < -0.3 is 19.7 Å². The standard InChI is InChI=1S/C25H23N3O6/c1-16-4-3-5-21(14-16)33-13-12-27-22-15-19(8-11-23(22)34-17(2)25(27)30)26-24(29)18-6-9-20(10-7-18)28(31)32/h3-11,14-15,17H,12-13H2,1-2H3,(H,26,29). The van der Waals surface area contributed by atoms with E-state index in [0.717, 1.165) is 11.3 Å². The van der Waals surface area contributed by atoms with Gasteiger partial charge >= 0.3 is 0 Å². The lowest BCUT2D eigenvalue weighted by Crippen LogP contribution is -2.46. The van der Waals surface area contributed by atoms with Gasteiger partial charge in [-0.25, -0.2) is 0 Å². The first-order valence-corrected chi connectivity index (χ1v) is 10.7. The number of rotatable bonds is 7. The van der Waals surface area contributed by atoms with E-state index in [2.05, 4.69) is 5.32 Å². The molecule has 0 radical (unpaired) electrons. The average Bonchev–Trinajstić information content (AvgIpc) is 2.82. The summed E-state index contributed by atoms with van der Waals surface area (Å²) in [6.07, 6.45) is -0.646. The van der Waals surface area contributed by atoms with Crippen LogP contribution in [0.1, 0.15) is 22.8 Å². The minimum absolute atomic E-state index is 0.0985. The maximum absolute atomic E-state index is 12.8. The van der Waals surface area contributed by atoms with Gasteiger partial charge in [-0.2, -0.15) is 0 Å². The lowest BCUT2D eigenvalue weighted by Gasteiger charge is -2.33. The van der Waals surface area contributed by atoms with Crippen molar-refractivity contribution in [2.75, 3.05) is 23.4 Å². The Hall–Kier alpha value is -4.40. The molecule has 0 spiro atoms. The van der Waals surface area contributed by atoms with Crippen LogP contribution < -0.4 is 19.7 Å². The number of carbonyl (C=O) groups excluding carboxylic acids is 2. The lowest BCUT2D eigenvalue weighted by atomic mass is 10.1. The Balaban J connectivity index is 1.49. The molecule has 34 heavy (non-hydrogen) atoms. The normalized spacial score (nSPS) is 14.7. The lowest BCUT2D eigenvalue weighted by molar-refractivity contribution is -0.384. The third kappa shape index (κ3) is 4.98. The van der Waals surface area contributed by atoms with Crippen molar-refractivity contribution in [3.05, 3.63) is 88.0 Å². The molecule has 2 amide bonds. The SMILES string of the molecule is Cc1cccc(OCCN2C(=O)C(C)Oc3ccc(NC(=O)c4ccc([N+](=O)[O-])cc4)cc32)c1. The van der Waals surface area contributed by atoms with Crippen LogP contribution in [0.4, 0.5) is 17.1 Å². The van der Waals surface area contributed by atoms with Crippen LogP contribution in [0.25, 0.3) is 0 Å². The summed E-state index contributed by atoms with van der Waals surface area (Å²) in [6, 6.07) is 18.0. The first-order chi connectivity index (χ1) is 16.3. The Kier molecular flexibility index (Phi) is 6.44. The van der Waals surface area contributed by atoms with Crippen molar-refractivity contribution < 1.29 is 24.0 Å². The number of nitro benzene ring substituents is 1. The fourth-order valence-electron chi connectivity index (χ4n) is 3.61. The number of ether oxygens (including phenoxy) is 2. The number of hydrogen-bond acceptors (Lipinski definition) is 6. The molecule has 9 nitrogen and oxygen atoms in total. The van der Waals surface area contributed by atoms with Gasteiger partial charge in [-0.1, -0.05) is 12.1 Å². The van der Waals surface area contributed by atoms with E-state index in [1.165, 1.54) is 24.3 Å². The summed E-state index contributed by atoms with van der Waals surface area (Å²) in [7, 11) is 0. The second-order valence-corrected chi connectivity index (χ2v) is 7.86. The highest BCUT2D eigenvalue weighted by atomic mass is 16.6. The van der Waals surface area contributed by atoms with E-state index >= 15 is 0 Å². The van der Waals surface area contributed by atoms with Crippen molar-refractivity contribution in [1.82, 2.24) is 0 Å². The molecule has 0 saturated heterocycles. The van der Waals surface area contributed by atoms with E-state index in [1.54, 1.807) is 30.0 Å². The molecule has 1 aliphatic heterocycles. The van der Waals surface area contributed by atoms with Gasteiger partial charge in [0.2, 0.25) is 0 Å². The highest BCUT2D eigenvalue weighted by Gasteiger charge is 2.31. The summed E-state index contributed by atoms with van der Waals surface area (Å²) in [5.41, 5.74) is 2.23. The van der Waals surface area contributed by atoms with Gasteiger partial charge in [0, 0.05) is 23.4 Å². The number of fused-ring (bicyclic) bond motifs is 1. The topological polar surface area (TPSA) is 111 Å². The number of benzene rings is 3. The van der Waals surface area contributed by atoms with Gasteiger partial charge in [-0.3, -0.25) is 19.7 Å². The summed E-state index contributed by atoms with van der Waals surface area (Å²) in [5, 5.41) is 13.6. The minimum atomic E-state index is -0.646. The van der Waals surface area contributed by atoms with Gasteiger partial charge in [0.25, 0.3) is 17.5 Å². The fourth-order valence-corrected chi connectivity index (χ4v) is 3.61. The Labute approximate surface area is 196 Å². The Bertz CT molecular complexity index is 1240. The summed E-state index contributed by atoms with van der Waals surface area (Å²) in [6.45, 7) is 4.24. The van der Waals surface area contributed by atoms with Gasteiger partial charge in [0.15, 0.2) is 6.10 Å². The number of nitrogens with one attached hydrogen (secondary N) is 1. The number of nitro groups is 1. The van der Waals surface area contributed by atoms with Gasteiger partial charge in [0.05, 0.1) is 17.2 Å². The largest absolute Gasteiger partial charge is 0.492 e. The molecule has 9 heteroatoms. The molecule has 0 saturated carbocycles. The van der Waals surface area contributed by atoms with Crippen LogP contribution in [-0.2, 0) is 4.79 Å². The predicted molar refractivity (Wildman–Crippen MR) is 127 cm³/mol. The van der Waals surface area contributed by atoms with E-state index in [4.69, 9.17) is 9.47 Å². The minimum Gasteiger partial charge on any atom is -0.492 e. The molecule has 0 bridgehead atoms. The van der Waals surface area contributed by atoms with Gasteiger partial charge in [-0.05, 0) is 61.9 Å². The molecular formula is C25H23N3O6.